The number of ether oxygens (including phenoxy) is 4. The van der Waals surface area contributed by atoms with E-state index in [2.05, 4.69) is 26.4 Å². The number of hydrogen-bond acceptors (Lipinski definition) is 6. The minimum absolute atomic E-state index is 0.0323. The molecule has 22 heteroatoms. The largest absolute Gasteiger partial charge is 0.490 e. The van der Waals surface area contributed by atoms with Gasteiger partial charge in [0.15, 0.2) is 12.0 Å². The standard InChI is InChI=1S/C27H26F16N2O4/c1-2-3-4-5-6-16-11-44-20(45-12-16)17-7-9-19(10-8-17)47-14-18(28)13-46-15-21(29,30)48-26(40,41)27(42,43)49-25(38,39)23(33,34)22(31,32)24(35,36)37/h7-12,18H,2-6,13-15H2,1H3/t18-/m1/s1. The molecule has 2 aromatic rings. The fraction of sp³-hybridized carbons (Fsp3) is 0.630. The maximum absolute atomic E-state index is 14.0. The number of unbranched alkanes of at least 4 members (excludes halogenated alkanes) is 3. The Morgan fingerprint density at radius 2 is 1.20 bits per heavy atom. The molecule has 0 aliphatic rings. The first-order chi connectivity index (χ1) is 22.3. The number of halogens is 16. The second-order valence-corrected chi connectivity index (χ2v) is 10.2. The zero-order chi connectivity index (χ0) is 37.5. The topological polar surface area (TPSA) is 62.7 Å². The zero-order valence-corrected chi connectivity index (χ0v) is 24.8. The van der Waals surface area contributed by atoms with Crippen LogP contribution in [0.1, 0.15) is 38.2 Å². The molecule has 1 atom stereocenters. The summed E-state index contributed by atoms with van der Waals surface area (Å²) in [6.45, 7) is -2.76. The van der Waals surface area contributed by atoms with E-state index in [0.717, 1.165) is 37.7 Å². The van der Waals surface area contributed by atoms with E-state index >= 15 is 0 Å². The lowest BCUT2D eigenvalue weighted by Crippen LogP contribution is -2.64. The molecule has 1 aromatic heterocycles. The zero-order valence-electron chi connectivity index (χ0n) is 24.8. The van der Waals surface area contributed by atoms with Gasteiger partial charge in [-0.05, 0) is 42.7 Å². The molecule has 1 heterocycles. The van der Waals surface area contributed by atoms with Crippen LogP contribution in [0.25, 0.3) is 11.4 Å². The summed E-state index contributed by atoms with van der Waals surface area (Å²) in [6.07, 6.45) is -29.4. The summed E-state index contributed by atoms with van der Waals surface area (Å²) in [6, 6.07) is 5.68. The van der Waals surface area contributed by atoms with Gasteiger partial charge in [-0.15, -0.1) is 0 Å². The maximum Gasteiger partial charge on any atom is 0.460 e. The summed E-state index contributed by atoms with van der Waals surface area (Å²) in [4.78, 5) is 8.52. The number of benzene rings is 1. The van der Waals surface area contributed by atoms with Gasteiger partial charge in [-0.3, -0.25) is 0 Å². The van der Waals surface area contributed by atoms with Crippen molar-refractivity contribution in [3.05, 3.63) is 42.2 Å². The van der Waals surface area contributed by atoms with Gasteiger partial charge in [0, 0.05) is 18.0 Å². The van der Waals surface area contributed by atoms with Gasteiger partial charge in [0.25, 0.3) is 0 Å². The molecule has 0 spiro atoms. The number of aromatic nitrogens is 2. The van der Waals surface area contributed by atoms with Crippen LogP contribution in [-0.4, -0.2) is 78.4 Å². The Morgan fingerprint density at radius 1 is 0.653 bits per heavy atom. The first-order valence-corrected chi connectivity index (χ1v) is 13.8. The van der Waals surface area contributed by atoms with E-state index in [1.807, 2.05) is 0 Å². The molecular formula is C27H26F16N2O4. The highest BCUT2D eigenvalue weighted by atomic mass is 19.4. The van der Waals surface area contributed by atoms with Crippen molar-refractivity contribution in [2.24, 2.45) is 0 Å². The first kappa shape index (κ1) is 42.0. The van der Waals surface area contributed by atoms with Crippen LogP contribution in [0.3, 0.4) is 0 Å². The fourth-order valence-corrected chi connectivity index (χ4v) is 3.55. The van der Waals surface area contributed by atoms with Crippen LogP contribution >= 0.6 is 0 Å². The summed E-state index contributed by atoms with van der Waals surface area (Å²) >= 11 is 0. The van der Waals surface area contributed by atoms with E-state index in [9.17, 15) is 70.2 Å². The van der Waals surface area contributed by atoms with Crippen LogP contribution < -0.4 is 4.74 Å². The average Bonchev–Trinajstić information content (AvgIpc) is 2.97. The molecular weight excluding hydrogens is 720 g/mol. The lowest BCUT2D eigenvalue weighted by Gasteiger charge is -2.36. The molecule has 0 unspecified atom stereocenters. The normalized spacial score (nSPS) is 14.6. The van der Waals surface area contributed by atoms with E-state index in [-0.39, 0.29) is 5.75 Å². The second-order valence-electron chi connectivity index (χ2n) is 10.2. The summed E-state index contributed by atoms with van der Waals surface area (Å²) in [7, 11) is 0. The highest BCUT2D eigenvalue weighted by Crippen LogP contribution is 2.56. The Morgan fingerprint density at radius 3 is 1.73 bits per heavy atom. The molecule has 0 aliphatic carbocycles. The lowest BCUT2D eigenvalue weighted by molar-refractivity contribution is -0.543. The number of rotatable bonds is 20. The van der Waals surface area contributed by atoms with Crippen LogP contribution in [0.5, 0.6) is 5.75 Å². The Balaban J connectivity index is 1.88. The smallest absolute Gasteiger partial charge is 0.460 e. The minimum atomic E-state index is -7.96. The van der Waals surface area contributed by atoms with Gasteiger partial charge < -0.3 is 9.47 Å². The Bertz CT molecular complexity index is 1310. The van der Waals surface area contributed by atoms with Gasteiger partial charge in [-0.2, -0.15) is 65.9 Å². The van der Waals surface area contributed by atoms with E-state index in [1.54, 1.807) is 12.4 Å². The number of hydrogen-bond donors (Lipinski definition) is 0. The van der Waals surface area contributed by atoms with Crippen LogP contribution in [0.4, 0.5) is 70.2 Å². The number of aryl methyl sites for hydroxylation is 1. The van der Waals surface area contributed by atoms with Crippen molar-refractivity contribution >= 4 is 0 Å². The predicted molar refractivity (Wildman–Crippen MR) is 134 cm³/mol. The Kier molecular flexibility index (Phi) is 13.6. The monoisotopic (exact) mass is 746 g/mol. The predicted octanol–water partition coefficient (Wildman–Crippen LogP) is 9.24. The van der Waals surface area contributed by atoms with Gasteiger partial charge in [0.2, 0.25) is 0 Å². The third-order valence-corrected chi connectivity index (χ3v) is 6.13. The highest BCUT2D eigenvalue weighted by molar-refractivity contribution is 5.55. The molecule has 49 heavy (non-hydrogen) atoms. The van der Waals surface area contributed by atoms with Crippen molar-refractivity contribution in [3.63, 3.8) is 0 Å². The van der Waals surface area contributed by atoms with E-state index in [4.69, 9.17) is 4.74 Å². The molecule has 0 aliphatic heterocycles. The van der Waals surface area contributed by atoms with Crippen molar-refractivity contribution in [1.29, 1.82) is 0 Å². The van der Waals surface area contributed by atoms with Crippen LogP contribution in [0.15, 0.2) is 36.7 Å². The van der Waals surface area contributed by atoms with E-state index < -0.39 is 68.4 Å². The third-order valence-electron chi connectivity index (χ3n) is 6.13. The first-order valence-electron chi connectivity index (χ1n) is 13.8. The molecule has 0 radical (unpaired) electrons. The van der Waals surface area contributed by atoms with Crippen molar-refractivity contribution < 1.29 is 89.2 Å². The average molecular weight is 746 g/mol. The number of alkyl halides is 16. The highest BCUT2D eigenvalue weighted by Gasteiger charge is 2.85. The molecule has 0 bridgehead atoms. The molecule has 0 fully saturated rings. The summed E-state index contributed by atoms with van der Waals surface area (Å²) in [5.41, 5.74) is 1.47. The number of nitrogens with zero attached hydrogens (tertiary/aromatic N) is 2. The Labute approximate surface area is 266 Å². The van der Waals surface area contributed by atoms with Crippen LogP contribution in [0, 0.1) is 0 Å². The SMILES string of the molecule is CCCCCCc1cnc(-c2ccc(OC[C@H](F)COCC(F)(F)OC(F)(F)C(F)(F)OC(F)(F)C(F)(F)C(F)(F)C(F)(F)F)cc2)nc1. The van der Waals surface area contributed by atoms with Gasteiger partial charge >= 0.3 is 42.5 Å². The van der Waals surface area contributed by atoms with Crippen molar-refractivity contribution in [1.82, 2.24) is 9.97 Å². The lowest BCUT2D eigenvalue weighted by atomic mass is 10.1. The van der Waals surface area contributed by atoms with E-state index in [1.165, 1.54) is 29.0 Å². The molecule has 2 rings (SSSR count). The third kappa shape index (κ3) is 10.9. The molecule has 280 valence electrons. The van der Waals surface area contributed by atoms with Gasteiger partial charge in [-0.25, -0.2) is 23.8 Å². The van der Waals surface area contributed by atoms with E-state index in [0.29, 0.717) is 11.4 Å². The molecule has 6 nitrogen and oxygen atoms in total. The second kappa shape index (κ2) is 15.8. The fourth-order valence-electron chi connectivity index (χ4n) is 3.55. The van der Waals surface area contributed by atoms with Crippen LogP contribution in [-0.2, 0) is 20.6 Å². The van der Waals surface area contributed by atoms with Crippen molar-refractivity contribution in [2.45, 2.75) is 87.7 Å². The molecule has 0 saturated carbocycles. The van der Waals surface area contributed by atoms with Crippen molar-refractivity contribution in [3.8, 4) is 17.1 Å². The summed E-state index contributed by atoms with van der Waals surface area (Å²) in [5, 5.41) is 0. The van der Waals surface area contributed by atoms with Gasteiger partial charge in [-0.1, -0.05) is 26.2 Å². The summed E-state index contributed by atoms with van der Waals surface area (Å²) in [5.74, 6) is -15.4. The van der Waals surface area contributed by atoms with Gasteiger partial charge in [0.1, 0.15) is 19.0 Å². The molecule has 0 saturated heterocycles. The summed E-state index contributed by atoms with van der Waals surface area (Å²) < 4.78 is 223. The minimum Gasteiger partial charge on any atom is -0.490 e. The molecule has 0 N–H and O–H groups in total. The van der Waals surface area contributed by atoms with Gasteiger partial charge in [0.05, 0.1) is 6.61 Å². The Hall–Kier alpha value is -3.14. The maximum atomic E-state index is 14.0. The van der Waals surface area contributed by atoms with Crippen molar-refractivity contribution in [2.75, 3.05) is 19.8 Å². The quantitative estimate of drug-likeness (QED) is 0.0995. The molecule has 0 amide bonds. The molecule has 1 aromatic carbocycles. The van der Waals surface area contributed by atoms with Crippen LogP contribution in [0.2, 0.25) is 0 Å².